The molecule has 0 amide bonds. The lowest BCUT2D eigenvalue weighted by Crippen LogP contribution is -2.04. The maximum atomic E-state index is 12.4. The summed E-state index contributed by atoms with van der Waals surface area (Å²) in [5.41, 5.74) is 0. The predicted molar refractivity (Wildman–Crippen MR) is 47.3 cm³/mol. The predicted octanol–water partition coefficient (Wildman–Crippen LogP) is 1.23. The van der Waals surface area contributed by atoms with Gasteiger partial charge in [-0.1, -0.05) is 5.92 Å². The summed E-state index contributed by atoms with van der Waals surface area (Å²) in [4.78, 5) is 0.0480. The number of benzene rings is 1. The molecule has 0 aliphatic heterocycles. The van der Waals surface area contributed by atoms with Crippen LogP contribution in [0.3, 0.4) is 0 Å². The first-order chi connectivity index (χ1) is 6.06. The highest BCUT2D eigenvalue weighted by molar-refractivity contribution is 7.91. The third kappa shape index (κ3) is 2.30. The van der Waals surface area contributed by atoms with Crippen LogP contribution in [0.1, 0.15) is 0 Å². The first-order valence-electron chi connectivity index (χ1n) is 3.48. The summed E-state index contributed by atoms with van der Waals surface area (Å²) in [7, 11) is -3.43. The Bertz CT molecular complexity index is 426. The summed E-state index contributed by atoms with van der Waals surface area (Å²) in [6.45, 7) is 0. The van der Waals surface area contributed by atoms with E-state index in [1.54, 1.807) is 0 Å². The topological polar surface area (TPSA) is 34.1 Å². The van der Waals surface area contributed by atoms with E-state index in [-0.39, 0.29) is 10.6 Å². The second kappa shape index (κ2) is 3.58. The van der Waals surface area contributed by atoms with Crippen molar-refractivity contribution in [2.45, 2.75) is 4.90 Å². The Kier molecular flexibility index (Phi) is 2.69. The lowest BCUT2D eigenvalue weighted by Gasteiger charge is -1.98. The average molecular weight is 198 g/mol. The first kappa shape index (κ1) is 9.75. The molecule has 2 nitrogen and oxygen atoms in total. The van der Waals surface area contributed by atoms with Crippen molar-refractivity contribution in [1.82, 2.24) is 0 Å². The molecule has 0 saturated heterocycles. The van der Waals surface area contributed by atoms with Gasteiger partial charge in [-0.2, -0.15) is 0 Å². The average Bonchev–Trinajstić information content (AvgIpc) is 2.05. The van der Waals surface area contributed by atoms with E-state index in [1.807, 2.05) is 5.92 Å². The highest BCUT2D eigenvalue weighted by Gasteiger charge is 2.11. The van der Waals surface area contributed by atoms with Gasteiger partial charge in [0.2, 0.25) is 0 Å². The Balaban J connectivity index is 3.11. The molecule has 1 rings (SSSR count). The Morgan fingerprint density at radius 2 is 1.85 bits per heavy atom. The van der Waals surface area contributed by atoms with Gasteiger partial charge in [0.05, 0.1) is 4.90 Å². The Morgan fingerprint density at radius 1 is 1.31 bits per heavy atom. The van der Waals surface area contributed by atoms with Crippen molar-refractivity contribution in [3.8, 4) is 12.3 Å². The maximum absolute atomic E-state index is 12.4. The second-order valence-corrected chi connectivity index (χ2v) is 4.41. The smallest absolute Gasteiger partial charge is 0.189 e. The van der Waals surface area contributed by atoms with Gasteiger partial charge in [-0.3, -0.25) is 0 Å². The van der Waals surface area contributed by atoms with E-state index in [9.17, 15) is 12.8 Å². The molecule has 0 N–H and O–H groups in total. The summed E-state index contributed by atoms with van der Waals surface area (Å²) < 4.78 is 35.0. The molecule has 1 aromatic carbocycles. The minimum atomic E-state index is -3.43. The summed E-state index contributed by atoms with van der Waals surface area (Å²) in [5, 5.41) is 0. The van der Waals surface area contributed by atoms with Gasteiger partial charge < -0.3 is 0 Å². The number of hydrogen-bond donors (Lipinski definition) is 0. The molecule has 0 spiro atoms. The van der Waals surface area contributed by atoms with E-state index in [0.717, 1.165) is 12.1 Å². The van der Waals surface area contributed by atoms with Gasteiger partial charge in [-0.05, 0) is 24.3 Å². The minimum absolute atomic E-state index is 0.0480. The van der Waals surface area contributed by atoms with Crippen LogP contribution < -0.4 is 0 Å². The Labute approximate surface area is 76.3 Å². The van der Waals surface area contributed by atoms with E-state index in [0.29, 0.717) is 0 Å². The van der Waals surface area contributed by atoms with E-state index < -0.39 is 15.7 Å². The van der Waals surface area contributed by atoms with Crippen molar-refractivity contribution in [3.05, 3.63) is 30.1 Å². The van der Waals surface area contributed by atoms with E-state index in [4.69, 9.17) is 6.42 Å². The largest absolute Gasteiger partial charge is 0.223 e. The number of sulfone groups is 1. The summed E-state index contributed by atoms with van der Waals surface area (Å²) in [6.07, 6.45) is 4.88. The van der Waals surface area contributed by atoms with Gasteiger partial charge in [0, 0.05) is 0 Å². The molecular weight excluding hydrogens is 191 g/mol. The fourth-order valence-corrected chi connectivity index (χ4v) is 1.77. The molecule has 13 heavy (non-hydrogen) atoms. The van der Waals surface area contributed by atoms with Crippen molar-refractivity contribution in [1.29, 1.82) is 0 Å². The highest BCUT2D eigenvalue weighted by Crippen LogP contribution is 2.10. The monoisotopic (exact) mass is 198 g/mol. The normalized spacial score (nSPS) is 10.8. The molecule has 0 bridgehead atoms. The fourth-order valence-electron chi connectivity index (χ4n) is 0.835. The number of rotatable bonds is 2. The van der Waals surface area contributed by atoms with Gasteiger partial charge in [0.15, 0.2) is 9.84 Å². The van der Waals surface area contributed by atoms with Crippen LogP contribution in [-0.2, 0) is 9.84 Å². The zero-order valence-corrected chi connectivity index (χ0v) is 7.51. The molecule has 4 heteroatoms. The standard InChI is InChI=1S/C9H7FO2S/c1-2-7-13(11,12)9-5-3-8(10)4-6-9/h1,3-6H,7H2. The van der Waals surface area contributed by atoms with E-state index in [2.05, 4.69) is 0 Å². The number of halogens is 1. The van der Waals surface area contributed by atoms with Gasteiger partial charge in [-0.25, -0.2) is 12.8 Å². The van der Waals surface area contributed by atoms with Gasteiger partial charge in [0.25, 0.3) is 0 Å². The zero-order valence-electron chi connectivity index (χ0n) is 6.70. The maximum Gasteiger partial charge on any atom is 0.189 e. The van der Waals surface area contributed by atoms with Gasteiger partial charge in [0.1, 0.15) is 11.6 Å². The lowest BCUT2D eigenvalue weighted by atomic mass is 10.4. The van der Waals surface area contributed by atoms with Crippen molar-refractivity contribution >= 4 is 9.84 Å². The summed E-state index contributed by atoms with van der Waals surface area (Å²) >= 11 is 0. The van der Waals surface area contributed by atoms with Crippen molar-refractivity contribution in [2.75, 3.05) is 5.75 Å². The fraction of sp³-hybridized carbons (Fsp3) is 0.111. The van der Waals surface area contributed by atoms with Gasteiger partial charge >= 0.3 is 0 Å². The van der Waals surface area contributed by atoms with Crippen LogP contribution in [0, 0.1) is 18.2 Å². The molecule has 0 fully saturated rings. The van der Waals surface area contributed by atoms with Crippen LogP contribution >= 0.6 is 0 Å². The molecule has 0 saturated carbocycles. The van der Waals surface area contributed by atoms with Gasteiger partial charge in [-0.15, -0.1) is 6.42 Å². The summed E-state index contributed by atoms with van der Waals surface area (Å²) in [5.74, 6) is 1.20. The molecule has 0 aliphatic carbocycles. The van der Waals surface area contributed by atoms with Crippen LogP contribution in [0.4, 0.5) is 4.39 Å². The quantitative estimate of drug-likeness (QED) is 0.529. The molecule has 1 aromatic rings. The third-order valence-electron chi connectivity index (χ3n) is 1.45. The number of hydrogen-bond acceptors (Lipinski definition) is 2. The highest BCUT2D eigenvalue weighted by atomic mass is 32.2. The molecular formula is C9H7FO2S. The first-order valence-corrected chi connectivity index (χ1v) is 5.13. The zero-order chi connectivity index (χ0) is 9.90. The second-order valence-electron chi connectivity index (χ2n) is 2.42. The number of terminal acetylenes is 1. The molecule has 0 radical (unpaired) electrons. The lowest BCUT2D eigenvalue weighted by molar-refractivity contribution is 0.598. The van der Waals surface area contributed by atoms with Crippen LogP contribution in [0.15, 0.2) is 29.2 Å². The van der Waals surface area contributed by atoms with Crippen LogP contribution in [0.5, 0.6) is 0 Å². The molecule has 0 heterocycles. The SMILES string of the molecule is C#CCS(=O)(=O)c1ccc(F)cc1. The summed E-state index contributed by atoms with van der Waals surface area (Å²) in [6, 6.07) is 4.57. The minimum Gasteiger partial charge on any atom is -0.223 e. The molecule has 0 aliphatic rings. The molecule has 68 valence electrons. The van der Waals surface area contributed by atoms with Crippen molar-refractivity contribution in [2.24, 2.45) is 0 Å². The van der Waals surface area contributed by atoms with Crippen molar-refractivity contribution in [3.63, 3.8) is 0 Å². The molecule has 0 atom stereocenters. The third-order valence-corrected chi connectivity index (χ3v) is 2.98. The molecule has 0 aromatic heterocycles. The Hall–Kier alpha value is -1.34. The van der Waals surface area contributed by atoms with Crippen LogP contribution in [0.2, 0.25) is 0 Å². The van der Waals surface area contributed by atoms with E-state index in [1.165, 1.54) is 12.1 Å². The Morgan fingerprint density at radius 3 is 2.31 bits per heavy atom. The van der Waals surface area contributed by atoms with Crippen LogP contribution in [0.25, 0.3) is 0 Å². The van der Waals surface area contributed by atoms with Crippen molar-refractivity contribution < 1.29 is 12.8 Å². The molecule has 0 unspecified atom stereocenters. The van der Waals surface area contributed by atoms with E-state index >= 15 is 0 Å². The van der Waals surface area contributed by atoms with Crippen LogP contribution in [-0.4, -0.2) is 14.2 Å².